The Morgan fingerprint density at radius 2 is 2.35 bits per heavy atom. The largest absolute Gasteiger partial charge is 0.462 e. The van der Waals surface area contributed by atoms with Crippen molar-refractivity contribution in [2.75, 3.05) is 12.3 Å². The lowest BCUT2D eigenvalue weighted by Crippen LogP contribution is -2.05. The number of aromatic nitrogens is 6. The summed E-state index contributed by atoms with van der Waals surface area (Å²) in [6.45, 7) is 2.04. The van der Waals surface area contributed by atoms with Crippen LogP contribution in [0.5, 0.6) is 0 Å². The van der Waals surface area contributed by atoms with E-state index in [1.54, 1.807) is 6.92 Å². The first-order chi connectivity index (χ1) is 9.69. The molecule has 0 spiro atoms. The summed E-state index contributed by atoms with van der Waals surface area (Å²) in [5.41, 5.74) is 6.97. The Bertz CT molecular complexity index is 776. The number of nitrogens with zero attached hydrogens (tertiary/aromatic N) is 5. The molecule has 0 aliphatic rings. The van der Waals surface area contributed by atoms with E-state index in [-0.39, 0.29) is 5.95 Å². The molecule has 0 aliphatic carbocycles. The molecule has 102 valence electrons. The summed E-state index contributed by atoms with van der Waals surface area (Å²) in [6.07, 6.45) is 4.40. The average molecular weight is 273 g/mol. The SMILES string of the molecule is CCOC(=O)c1cnn(-c2nc(N)nc3nc[nH]c23)c1. The molecule has 20 heavy (non-hydrogen) atoms. The molecule has 0 aliphatic heterocycles. The molecule has 3 rings (SSSR count). The first-order valence-corrected chi connectivity index (χ1v) is 5.87. The molecule has 3 heterocycles. The Balaban J connectivity index is 2.07. The summed E-state index contributed by atoms with van der Waals surface area (Å²) in [7, 11) is 0. The van der Waals surface area contributed by atoms with Crippen LogP contribution in [-0.2, 0) is 4.74 Å². The van der Waals surface area contributed by atoms with Crippen LogP contribution in [-0.4, -0.2) is 42.3 Å². The molecule has 9 heteroatoms. The van der Waals surface area contributed by atoms with Crippen LogP contribution >= 0.6 is 0 Å². The second kappa shape index (κ2) is 4.61. The second-order valence-electron chi connectivity index (χ2n) is 3.90. The number of nitrogens with two attached hydrogens (primary N) is 1. The Morgan fingerprint density at radius 1 is 1.50 bits per heavy atom. The molecule has 0 radical (unpaired) electrons. The van der Waals surface area contributed by atoms with Gasteiger partial charge in [-0.25, -0.2) is 14.5 Å². The summed E-state index contributed by atoms with van der Waals surface area (Å²) in [5, 5.41) is 4.08. The number of aromatic amines is 1. The minimum Gasteiger partial charge on any atom is -0.462 e. The van der Waals surface area contributed by atoms with Crippen molar-refractivity contribution in [3.05, 3.63) is 24.3 Å². The third kappa shape index (κ3) is 1.94. The number of anilines is 1. The Morgan fingerprint density at radius 3 is 3.15 bits per heavy atom. The van der Waals surface area contributed by atoms with Crippen LogP contribution in [0.15, 0.2) is 18.7 Å². The third-order valence-corrected chi connectivity index (χ3v) is 2.59. The van der Waals surface area contributed by atoms with Crippen molar-refractivity contribution in [2.45, 2.75) is 6.92 Å². The highest BCUT2D eigenvalue weighted by atomic mass is 16.5. The smallest absolute Gasteiger partial charge is 0.341 e. The topological polar surface area (TPSA) is 125 Å². The molecule has 0 fully saturated rings. The van der Waals surface area contributed by atoms with Gasteiger partial charge < -0.3 is 15.5 Å². The molecular formula is C11H11N7O2. The summed E-state index contributed by atoms with van der Waals surface area (Å²) in [6, 6.07) is 0. The summed E-state index contributed by atoms with van der Waals surface area (Å²) in [4.78, 5) is 26.6. The first-order valence-electron chi connectivity index (χ1n) is 5.87. The summed E-state index contributed by atoms with van der Waals surface area (Å²) >= 11 is 0. The zero-order valence-corrected chi connectivity index (χ0v) is 10.6. The van der Waals surface area contributed by atoms with E-state index in [0.29, 0.717) is 29.2 Å². The maximum absolute atomic E-state index is 11.6. The van der Waals surface area contributed by atoms with Crippen LogP contribution in [0.3, 0.4) is 0 Å². The zero-order valence-electron chi connectivity index (χ0n) is 10.6. The predicted molar refractivity (Wildman–Crippen MR) is 69.2 cm³/mol. The van der Waals surface area contributed by atoms with Gasteiger partial charge in [0.1, 0.15) is 5.52 Å². The van der Waals surface area contributed by atoms with E-state index in [0.717, 1.165) is 0 Å². The molecule has 0 unspecified atom stereocenters. The molecule has 9 nitrogen and oxygen atoms in total. The van der Waals surface area contributed by atoms with Crippen molar-refractivity contribution in [3.63, 3.8) is 0 Å². The van der Waals surface area contributed by atoms with Gasteiger partial charge in [0.2, 0.25) is 5.95 Å². The fourth-order valence-corrected chi connectivity index (χ4v) is 1.76. The van der Waals surface area contributed by atoms with Crippen molar-refractivity contribution < 1.29 is 9.53 Å². The highest BCUT2D eigenvalue weighted by Crippen LogP contribution is 2.16. The molecule has 0 saturated heterocycles. The van der Waals surface area contributed by atoms with E-state index >= 15 is 0 Å². The van der Waals surface area contributed by atoms with Crippen molar-refractivity contribution in [1.82, 2.24) is 29.7 Å². The van der Waals surface area contributed by atoms with Crippen molar-refractivity contribution >= 4 is 23.1 Å². The number of carbonyl (C=O) groups is 1. The van der Waals surface area contributed by atoms with Crippen LogP contribution < -0.4 is 5.73 Å². The molecule has 0 saturated carbocycles. The van der Waals surface area contributed by atoms with E-state index in [9.17, 15) is 4.79 Å². The van der Waals surface area contributed by atoms with Crippen molar-refractivity contribution in [2.24, 2.45) is 0 Å². The summed E-state index contributed by atoms with van der Waals surface area (Å²) < 4.78 is 6.32. The highest BCUT2D eigenvalue weighted by Gasteiger charge is 2.14. The second-order valence-corrected chi connectivity index (χ2v) is 3.90. The predicted octanol–water partition coefficient (Wildman–Crippen LogP) is 0.297. The number of ether oxygens (including phenoxy) is 1. The van der Waals surface area contributed by atoms with Crippen molar-refractivity contribution in [3.8, 4) is 5.82 Å². The van der Waals surface area contributed by atoms with Gasteiger partial charge in [0.25, 0.3) is 0 Å². The maximum Gasteiger partial charge on any atom is 0.341 e. The van der Waals surface area contributed by atoms with Gasteiger partial charge in [-0.2, -0.15) is 15.1 Å². The fourth-order valence-electron chi connectivity index (χ4n) is 1.76. The number of fused-ring (bicyclic) bond motifs is 1. The van der Waals surface area contributed by atoms with Gasteiger partial charge in [-0.3, -0.25) is 0 Å². The number of carbonyl (C=O) groups excluding carboxylic acids is 1. The van der Waals surface area contributed by atoms with Crippen LogP contribution in [0.4, 0.5) is 5.95 Å². The Hall–Kier alpha value is -2.97. The minimum atomic E-state index is -0.443. The van der Waals surface area contributed by atoms with Gasteiger partial charge in [-0.05, 0) is 6.92 Å². The van der Waals surface area contributed by atoms with Crippen LogP contribution in [0.25, 0.3) is 17.0 Å². The molecule has 0 aromatic carbocycles. The highest BCUT2D eigenvalue weighted by molar-refractivity contribution is 5.89. The van der Waals surface area contributed by atoms with E-state index in [1.165, 1.54) is 23.4 Å². The lowest BCUT2D eigenvalue weighted by Gasteiger charge is -2.02. The maximum atomic E-state index is 11.6. The van der Waals surface area contributed by atoms with Gasteiger partial charge in [-0.1, -0.05) is 0 Å². The number of H-pyrrole nitrogens is 1. The standard InChI is InChI=1S/C11H11N7O2/c1-2-20-10(19)6-3-15-18(4-6)9-7-8(14-5-13-7)16-11(12)17-9/h3-5H,2H2,1H3,(H3,12,13,14,16,17). The number of hydrogen-bond acceptors (Lipinski definition) is 7. The van der Waals surface area contributed by atoms with E-state index in [2.05, 4.69) is 25.0 Å². The van der Waals surface area contributed by atoms with Gasteiger partial charge in [-0.15, -0.1) is 0 Å². The Kier molecular flexibility index (Phi) is 2.78. The molecule has 3 aromatic heterocycles. The molecular weight excluding hydrogens is 262 g/mol. The van der Waals surface area contributed by atoms with Gasteiger partial charge in [0.05, 0.1) is 24.7 Å². The van der Waals surface area contributed by atoms with E-state index in [1.807, 2.05) is 0 Å². The van der Waals surface area contributed by atoms with Crippen LogP contribution in [0.2, 0.25) is 0 Å². The number of hydrogen-bond donors (Lipinski definition) is 2. The monoisotopic (exact) mass is 273 g/mol. The minimum absolute atomic E-state index is 0.0767. The number of imidazole rings is 1. The van der Waals surface area contributed by atoms with Gasteiger partial charge in [0, 0.05) is 6.20 Å². The number of nitrogen functional groups attached to an aromatic ring is 1. The lowest BCUT2D eigenvalue weighted by atomic mass is 10.4. The van der Waals surface area contributed by atoms with Gasteiger partial charge in [0.15, 0.2) is 11.5 Å². The Labute approximate surface area is 112 Å². The van der Waals surface area contributed by atoms with Crippen LogP contribution in [0, 0.1) is 0 Å². The van der Waals surface area contributed by atoms with E-state index < -0.39 is 5.97 Å². The number of esters is 1. The van der Waals surface area contributed by atoms with E-state index in [4.69, 9.17) is 10.5 Å². The number of nitrogens with one attached hydrogen (secondary N) is 1. The number of rotatable bonds is 3. The third-order valence-electron chi connectivity index (χ3n) is 2.59. The quantitative estimate of drug-likeness (QED) is 0.657. The zero-order chi connectivity index (χ0) is 14.1. The average Bonchev–Trinajstić information content (AvgIpc) is 3.06. The van der Waals surface area contributed by atoms with Gasteiger partial charge >= 0.3 is 5.97 Å². The molecule has 3 aromatic rings. The first kappa shape index (κ1) is 12.1. The van der Waals surface area contributed by atoms with Crippen LogP contribution in [0.1, 0.15) is 17.3 Å². The van der Waals surface area contributed by atoms with Crippen molar-refractivity contribution in [1.29, 1.82) is 0 Å². The normalized spacial score (nSPS) is 10.8. The molecule has 0 bridgehead atoms. The fraction of sp³-hybridized carbons (Fsp3) is 0.182. The molecule has 0 atom stereocenters. The lowest BCUT2D eigenvalue weighted by molar-refractivity contribution is 0.0526. The summed E-state index contributed by atoms with van der Waals surface area (Å²) in [5.74, 6) is 0.0509. The molecule has 3 N–H and O–H groups in total. The molecule has 0 amide bonds.